The van der Waals surface area contributed by atoms with Crippen LogP contribution in [0.2, 0.25) is 0 Å². The van der Waals surface area contributed by atoms with Crippen LogP contribution in [0.5, 0.6) is 0 Å². The molecule has 35 heavy (non-hydrogen) atoms. The van der Waals surface area contributed by atoms with E-state index < -0.39 is 0 Å². The van der Waals surface area contributed by atoms with Gasteiger partial charge in [-0.3, -0.25) is 4.79 Å². The minimum atomic E-state index is -0.0774. The number of anilines is 1. The molecule has 5 aromatic rings. The third-order valence-corrected chi connectivity index (χ3v) is 5.86. The van der Waals surface area contributed by atoms with E-state index in [1.54, 1.807) is 17.8 Å². The molecular weight excluding hydrogens is 442 g/mol. The second-order valence-corrected chi connectivity index (χ2v) is 8.08. The van der Waals surface area contributed by atoms with Crippen molar-refractivity contribution in [1.29, 1.82) is 0 Å². The summed E-state index contributed by atoms with van der Waals surface area (Å²) in [4.78, 5) is 19.0. The van der Waals surface area contributed by atoms with Gasteiger partial charge < -0.3 is 10.2 Å². The topological polar surface area (TPSA) is 117 Å². The minimum absolute atomic E-state index is 0.0774. The summed E-state index contributed by atoms with van der Waals surface area (Å²) in [7, 11) is 1.64. The number of carbonyl (C=O) groups is 1. The number of amides is 1. The number of H-pyrrole nitrogens is 1. The van der Waals surface area contributed by atoms with E-state index in [2.05, 4.69) is 67.2 Å². The van der Waals surface area contributed by atoms with Gasteiger partial charge in [-0.05, 0) is 33.5 Å². The van der Waals surface area contributed by atoms with Crippen molar-refractivity contribution in [3.63, 3.8) is 0 Å². The molecule has 0 fully saturated rings. The number of fused-ring (bicyclic) bond motifs is 1. The van der Waals surface area contributed by atoms with Crippen molar-refractivity contribution < 1.29 is 4.79 Å². The van der Waals surface area contributed by atoms with E-state index in [9.17, 15) is 4.79 Å². The Bertz CT molecular complexity index is 1440. The summed E-state index contributed by atoms with van der Waals surface area (Å²) >= 11 is 0. The Morgan fingerprint density at radius 2 is 1.89 bits per heavy atom. The van der Waals surface area contributed by atoms with Gasteiger partial charge in [-0.15, -0.1) is 5.10 Å². The molecule has 0 saturated carbocycles. The Morgan fingerprint density at radius 3 is 2.60 bits per heavy atom. The number of nitrogens with one attached hydrogen (secondary N) is 2. The van der Waals surface area contributed by atoms with E-state index in [4.69, 9.17) is 0 Å². The third kappa shape index (κ3) is 4.58. The number of likely N-dealkylation sites (N-methyl/N-ethyl adjacent to an activating group) is 1. The number of nitrogens with zero attached hydrogens (tertiary/aromatic N) is 7. The number of carbonyl (C=O) groups excluding carboxylic acids is 1. The quantitative estimate of drug-likeness (QED) is 0.360. The van der Waals surface area contributed by atoms with Crippen LogP contribution in [0, 0.1) is 0 Å². The molecule has 0 aliphatic carbocycles. The molecule has 2 aromatic carbocycles. The van der Waals surface area contributed by atoms with Crippen LogP contribution >= 0.6 is 0 Å². The van der Waals surface area contributed by atoms with Gasteiger partial charge in [0, 0.05) is 37.0 Å². The molecule has 176 valence electrons. The molecule has 1 amide bonds. The fourth-order valence-electron chi connectivity index (χ4n) is 4.05. The molecule has 0 atom stereocenters. The molecule has 3 heterocycles. The predicted molar refractivity (Wildman–Crippen MR) is 133 cm³/mol. The summed E-state index contributed by atoms with van der Waals surface area (Å²) in [6, 6.07) is 20.1. The molecule has 0 aliphatic rings. The number of hydrogen-bond acceptors (Lipinski definition) is 7. The highest BCUT2D eigenvalue weighted by molar-refractivity contribution is 5.81. The number of hydrogen-bond donors (Lipinski definition) is 2. The zero-order valence-corrected chi connectivity index (χ0v) is 19.5. The van der Waals surface area contributed by atoms with Gasteiger partial charge in [0.1, 0.15) is 5.82 Å². The van der Waals surface area contributed by atoms with Crippen molar-refractivity contribution in [3.8, 4) is 22.5 Å². The van der Waals surface area contributed by atoms with E-state index in [-0.39, 0.29) is 12.5 Å². The molecule has 5 rings (SSSR count). The summed E-state index contributed by atoms with van der Waals surface area (Å²) in [5.41, 5.74) is 5.77. The zero-order valence-electron chi connectivity index (χ0n) is 19.5. The molecule has 0 radical (unpaired) electrons. The van der Waals surface area contributed by atoms with Crippen LogP contribution < -0.4 is 10.2 Å². The average molecular weight is 468 g/mol. The molecule has 0 saturated heterocycles. The maximum atomic E-state index is 12.4. The largest absolute Gasteiger partial charge is 0.358 e. The number of aromatic nitrogens is 7. The molecule has 0 bridgehead atoms. The van der Waals surface area contributed by atoms with Crippen LogP contribution in [0.3, 0.4) is 0 Å². The first-order valence-electron chi connectivity index (χ1n) is 11.4. The molecule has 0 aliphatic heterocycles. The number of tetrazole rings is 1. The van der Waals surface area contributed by atoms with Gasteiger partial charge in [0.25, 0.3) is 0 Å². The minimum Gasteiger partial charge on any atom is -0.358 e. The van der Waals surface area contributed by atoms with Crippen LogP contribution in [0.1, 0.15) is 18.2 Å². The lowest BCUT2D eigenvalue weighted by atomic mass is 9.98. The smallest absolute Gasteiger partial charge is 0.239 e. The Labute approximate surface area is 202 Å². The monoisotopic (exact) mass is 467 g/mol. The second-order valence-electron chi connectivity index (χ2n) is 8.08. The Hall–Kier alpha value is -4.60. The molecule has 0 spiro atoms. The van der Waals surface area contributed by atoms with Crippen LogP contribution in [0.15, 0.2) is 66.9 Å². The van der Waals surface area contributed by atoms with E-state index >= 15 is 0 Å². The van der Waals surface area contributed by atoms with Crippen molar-refractivity contribution in [2.75, 3.05) is 18.5 Å². The van der Waals surface area contributed by atoms with Gasteiger partial charge in [-0.25, -0.2) is 10.1 Å². The Morgan fingerprint density at radius 1 is 1.09 bits per heavy atom. The van der Waals surface area contributed by atoms with Crippen LogP contribution in [-0.2, 0) is 17.8 Å². The Balaban J connectivity index is 1.47. The van der Waals surface area contributed by atoms with Crippen molar-refractivity contribution in [2.24, 2.45) is 0 Å². The van der Waals surface area contributed by atoms with Crippen molar-refractivity contribution in [1.82, 2.24) is 40.5 Å². The summed E-state index contributed by atoms with van der Waals surface area (Å²) in [5.74, 6) is 1.37. The fourth-order valence-corrected chi connectivity index (χ4v) is 4.05. The highest BCUT2D eigenvalue weighted by Crippen LogP contribution is 2.30. The maximum absolute atomic E-state index is 12.4. The Kier molecular flexibility index (Phi) is 6.16. The SMILES string of the molecule is CCc1cc(N(CC(=O)NC)Cc2ccc(-c3ccccc3-c3nnn[nH]3)cc2)n2nccc2n1. The van der Waals surface area contributed by atoms with Gasteiger partial charge in [-0.1, -0.05) is 55.5 Å². The van der Waals surface area contributed by atoms with Crippen LogP contribution in [0.25, 0.3) is 28.2 Å². The fraction of sp³-hybridized carbons (Fsp3) is 0.200. The van der Waals surface area contributed by atoms with Gasteiger partial charge in [-0.2, -0.15) is 9.61 Å². The first-order valence-corrected chi connectivity index (χ1v) is 11.4. The standard InChI is InChI=1S/C25H25N9O/c1-3-19-14-24(34-22(28-19)12-13-27-34)33(16-23(35)26-2)15-17-8-10-18(11-9-17)20-6-4-5-7-21(20)25-29-31-32-30-25/h4-14H,3,15-16H2,1-2H3,(H,26,35)(H,29,30,31,32). The molecule has 10 heteroatoms. The van der Waals surface area contributed by atoms with Crippen LogP contribution in [0.4, 0.5) is 5.82 Å². The molecule has 3 aromatic heterocycles. The predicted octanol–water partition coefficient (Wildman–Crippen LogP) is 2.89. The summed E-state index contributed by atoms with van der Waals surface area (Å²) in [6.07, 6.45) is 2.51. The lowest BCUT2D eigenvalue weighted by molar-refractivity contribution is -0.119. The van der Waals surface area contributed by atoms with Crippen molar-refractivity contribution in [2.45, 2.75) is 19.9 Å². The highest BCUT2D eigenvalue weighted by Gasteiger charge is 2.17. The van der Waals surface area contributed by atoms with Gasteiger partial charge in [0.2, 0.25) is 5.91 Å². The van der Waals surface area contributed by atoms with E-state index in [1.165, 1.54) is 0 Å². The molecular formula is C25H25N9O. The number of benzene rings is 2. The number of rotatable bonds is 8. The molecule has 10 nitrogen and oxygen atoms in total. The van der Waals surface area contributed by atoms with E-state index in [0.29, 0.717) is 12.4 Å². The van der Waals surface area contributed by atoms with E-state index in [1.807, 2.05) is 41.3 Å². The first kappa shape index (κ1) is 22.2. The lowest BCUT2D eigenvalue weighted by Gasteiger charge is -2.25. The molecule has 0 unspecified atom stereocenters. The average Bonchev–Trinajstić information content (AvgIpc) is 3.60. The lowest BCUT2D eigenvalue weighted by Crippen LogP contribution is -2.36. The summed E-state index contributed by atoms with van der Waals surface area (Å²) < 4.78 is 1.78. The third-order valence-electron chi connectivity index (χ3n) is 5.86. The van der Waals surface area contributed by atoms with Crippen LogP contribution in [-0.4, -0.2) is 54.7 Å². The van der Waals surface area contributed by atoms with E-state index in [0.717, 1.165) is 45.8 Å². The number of aromatic amines is 1. The summed E-state index contributed by atoms with van der Waals surface area (Å²) in [5, 5.41) is 21.5. The highest BCUT2D eigenvalue weighted by atomic mass is 16.1. The zero-order chi connectivity index (χ0) is 24.2. The van der Waals surface area contributed by atoms with Gasteiger partial charge in [0.05, 0.1) is 12.7 Å². The summed E-state index contributed by atoms with van der Waals surface area (Å²) in [6.45, 7) is 2.79. The van der Waals surface area contributed by atoms with Gasteiger partial charge in [0.15, 0.2) is 11.5 Å². The maximum Gasteiger partial charge on any atom is 0.239 e. The molecule has 2 N–H and O–H groups in total. The first-order chi connectivity index (χ1) is 17.2. The van der Waals surface area contributed by atoms with Gasteiger partial charge >= 0.3 is 0 Å². The second kappa shape index (κ2) is 9.72. The number of aryl methyl sites for hydroxylation is 1. The normalized spacial score (nSPS) is 11.0. The van der Waals surface area contributed by atoms with Crippen molar-refractivity contribution >= 4 is 17.4 Å². The van der Waals surface area contributed by atoms with Crippen molar-refractivity contribution in [3.05, 3.63) is 78.1 Å².